The molecule has 4 rings (SSSR count). The number of aliphatic hydroxyl groups excluding tert-OH is 1. The van der Waals surface area contributed by atoms with Crippen LogP contribution in [-0.2, 0) is 6.61 Å². The summed E-state index contributed by atoms with van der Waals surface area (Å²) in [5.74, 6) is 0.320. The van der Waals surface area contributed by atoms with E-state index < -0.39 is 0 Å². The molecule has 0 spiro atoms. The smallest absolute Gasteiger partial charge is 0.273 e. The van der Waals surface area contributed by atoms with Gasteiger partial charge in [-0.1, -0.05) is 40.7 Å². The van der Waals surface area contributed by atoms with Crippen molar-refractivity contribution in [1.82, 2.24) is 25.5 Å². The number of benzene rings is 1. The van der Waals surface area contributed by atoms with Gasteiger partial charge >= 0.3 is 0 Å². The number of hydrogen-bond donors (Lipinski definition) is 2. The number of aliphatic hydroxyl groups is 1. The quantitative estimate of drug-likeness (QED) is 0.731. The van der Waals surface area contributed by atoms with E-state index in [1.165, 1.54) is 0 Å². The fraction of sp³-hybridized carbons (Fsp3) is 0.294. The third kappa shape index (κ3) is 3.16. The average Bonchev–Trinajstić information content (AvgIpc) is 3.27. The summed E-state index contributed by atoms with van der Waals surface area (Å²) >= 11 is 0. The molecule has 1 aromatic carbocycles. The summed E-state index contributed by atoms with van der Waals surface area (Å²) in [5, 5.41) is 23.7. The van der Waals surface area contributed by atoms with E-state index in [-0.39, 0.29) is 30.3 Å². The molecule has 0 saturated heterocycles. The van der Waals surface area contributed by atoms with Crippen LogP contribution in [0.1, 0.15) is 35.1 Å². The van der Waals surface area contributed by atoms with Crippen molar-refractivity contribution >= 4 is 5.91 Å². The number of aromatic nitrogens is 4. The maximum atomic E-state index is 12.3. The largest absolute Gasteiger partial charge is 0.390 e. The third-order valence-electron chi connectivity index (χ3n) is 4.34. The number of amides is 1. The molecule has 2 heterocycles. The first-order valence-electron chi connectivity index (χ1n) is 8.07. The second-order valence-electron chi connectivity index (χ2n) is 6.09. The van der Waals surface area contributed by atoms with Crippen molar-refractivity contribution < 1.29 is 14.4 Å². The van der Waals surface area contributed by atoms with E-state index in [1.54, 1.807) is 16.9 Å². The maximum absolute atomic E-state index is 12.3. The first-order chi connectivity index (χ1) is 12.2. The predicted molar refractivity (Wildman–Crippen MR) is 87.4 cm³/mol. The normalized spacial score (nSPS) is 19.4. The average molecular weight is 339 g/mol. The molecule has 1 saturated carbocycles. The zero-order valence-corrected chi connectivity index (χ0v) is 13.4. The molecular formula is C17H17N5O3. The Hall–Kier alpha value is -3.00. The van der Waals surface area contributed by atoms with Crippen molar-refractivity contribution in [2.75, 3.05) is 0 Å². The van der Waals surface area contributed by atoms with Crippen molar-refractivity contribution in [2.45, 2.75) is 31.5 Å². The van der Waals surface area contributed by atoms with Crippen LogP contribution in [0.4, 0.5) is 0 Å². The molecule has 128 valence electrons. The molecule has 8 nitrogen and oxygen atoms in total. The summed E-state index contributed by atoms with van der Waals surface area (Å²) in [4.78, 5) is 12.3. The van der Waals surface area contributed by atoms with Gasteiger partial charge in [-0.3, -0.25) is 4.79 Å². The monoisotopic (exact) mass is 339 g/mol. The maximum Gasteiger partial charge on any atom is 0.273 e. The summed E-state index contributed by atoms with van der Waals surface area (Å²) in [5.41, 5.74) is 1.69. The van der Waals surface area contributed by atoms with Gasteiger partial charge in [0, 0.05) is 17.7 Å². The SMILES string of the molecule is O=C(N[C@H]1C[C@H](n2cc(CO)nn2)C1)c1cc(-c2ccccc2)on1. The van der Waals surface area contributed by atoms with Gasteiger partial charge in [0.25, 0.3) is 5.91 Å². The van der Waals surface area contributed by atoms with E-state index in [1.807, 2.05) is 30.3 Å². The van der Waals surface area contributed by atoms with E-state index in [4.69, 9.17) is 9.63 Å². The van der Waals surface area contributed by atoms with Crippen molar-refractivity contribution in [3.63, 3.8) is 0 Å². The van der Waals surface area contributed by atoms with Crippen LogP contribution in [-0.4, -0.2) is 37.2 Å². The zero-order valence-electron chi connectivity index (χ0n) is 13.4. The Kier molecular flexibility index (Phi) is 4.02. The molecule has 1 aliphatic rings. The van der Waals surface area contributed by atoms with Gasteiger partial charge in [0.2, 0.25) is 0 Å². The summed E-state index contributed by atoms with van der Waals surface area (Å²) in [6.45, 7) is -0.122. The number of carbonyl (C=O) groups excluding carboxylic acids is 1. The number of rotatable bonds is 5. The van der Waals surface area contributed by atoms with E-state index in [0.29, 0.717) is 11.5 Å². The first-order valence-corrected chi connectivity index (χ1v) is 8.07. The number of carbonyl (C=O) groups is 1. The van der Waals surface area contributed by atoms with Gasteiger partial charge in [0.05, 0.1) is 18.8 Å². The minimum Gasteiger partial charge on any atom is -0.390 e. The van der Waals surface area contributed by atoms with Gasteiger partial charge in [0.1, 0.15) is 5.69 Å². The second kappa shape index (κ2) is 6.48. The van der Waals surface area contributed by atoms with Gasteiger partial charge in [-0.05, 0) is 12.8 Å². The van der Waals surface area contributed by atoms with Gasteiger partial charge in [-0.25, -0.2) is 4.68 Å². The van der Waals surface area contributed by atoms with Crippen LogP contribution >= 0.6 is 0 Å². The molecule has 1 aliphatic carbocycles. The van der Waals surface area contributed by atoms with Gasteiger partial charge < -0.3 is 14.9 Å². The van der Waals surface area contributed by atoms with Crippen LogP contribution in [0.3, 0.4) is 0 Å². The molecular weight excluding hydrogens is 322 g/mol. The van der Waals surface area contributed by atoms with E-state index in [2.05, 4.69) is 20.8 Å². The third-order valence-corrected chi connectivity index (χ3v) is 4.34. The molecule has 2 N–H and O–H groups in total. The number of hydrogen-bond acceptors (Lipinski definition) is 6. The van der Waals surface area contributed by atoms with E-state index in [9.17, 15) is 4.79 Å². The lowest BCUT2D eigenvalue weighted by atomic mass is 9.87. The van der Waals surface area contributed by atoms with Crippen LogP contribution < -0.4 is 5.32 Å². The Morgan fingerprint density at radius 1 is 1.32 bits per heavy atom. The molecule has 3 aromatic rings. The number of nitrogens with one attached hydrogen (secondary N) is 1. The lowest BCUT2D eigenvalue weighted by Crippen LogP contribution is -2.45. The van der Waals surface area contributed by atoms with Crippen LogP contribution in [0.15, 0.2) is 47.1 Å². The van der Waals surface area contributed by atoms with Crippen LogP contribution in [0, 0.1) is 0 Å². The van der Waals surface area contributed by atoms with Gasteiger partial charge in [0.15, 0.2) is 11.5 Å². The summed E-state index contributed by atoms with van der Waals surface area (Å²) in [6, 6.07) is 11.4. The van der Waals surface area contributed by atoms with Gasteiger partial charge in [-0.15, -0.1) is 5.10 Å². The summed E-state index contributed by atoms with van der Waals surface area (Å²) in [7, 11) is 0. The van der Waals surface area contributed by atoms with Crippen LogP contribution in [0.5, 0.6) is 0 Å². The Bertz CT molecular complexity index is 867. The molecule has 0 atom stereocenters. The fourth-order valence-electron chi connectivity index (χ4n) is 2.87. The van der Waals surface area contributed by atoms with Crippen molar-refractivity contribution in [2.24, 2.45) is 0 Å². The molecule has 1 amide bonds. The van der Waals surface area contributed by atoms with E-state index >= 15 is 0 Å². The molecule has 0 radical (unpaired) electrons. The van der Waals surface area contributed by atoms with Crippen molar-refractivity contribution in [3.05, 3.63) is 54.0 Å². The van der Waals surface area contributed by atoms with Crippen LogP contribution in [0.25, 0.3) is 11.3 Å². The highest BCUT2D eigenvalue weighted by Crippen LogP contribution is 2.31. The lowest BCUT2D eigenvalue weighted by molar-refractivity contribution is 0.0878. The van der Waals surface area contributed by atoms with E-state index in [0.717, 1.165) is 18.4 Å². The minimum atomic E-state index is -0.246. The summed E-state index contributed by atoms with van der Waals surface area (Å²) in [6.07, 6.45) is 3.26. The molecule has 25 heavy (non-hydrogen) atoms. The Labute approximate surface area is 143 Å². The minimum absolute atomic E-state index is 0.0659. The van der Waals surface area contributed by atoms with Crippen molar-refractivity contribution in [3.8, 4) is 11.3 Å². The highest BCUT2D eigenvalue weighted by Gasteiger charge is 2.33. The standard InChI is InChI=1S/C17H17N5O3/c23-10-13-9-22(21-19-13)14-6-12(7-14)18-17(24)15-8-16(25-20-15)11-4-2-1-3-5-11/h1-5,8-9,12,14,23H,6-7,10H2,(H,18,24)/t12-,14-. The highest BCUT2D eigenvalue weighted by atomic mass is 16.5. The molecule has 2 aromatic heterocycles. The molecule has 0 unspecified atom stereocenters. The van der Waals surface area contributed by atoms with Gasteiger partial charge in [-0.2, -0.15) is 0 Å². The predicted octanol–water partition coefficient (Wildman–Crippen LogP) is 1.56. The second-order valence-corrected chi connectivity index (χ2v) is 6.09. The molecule has 0 aliphatic heterocycles. The van der Waals surface area contributed by atoms with Crippen LogP contribution in [0.2, 0.25) is 0 Å². The number of nitrogens with zero attached hydrogens (tertiary/aromatic N) is 4. The Morgan fingerprint density at radius 3 is 2.84 bits per heavy atom. The summed E-state index contributed by atoms with van der Waals surface area (Å²) < 4.78 is 6.99. The molecule has 1 fully saturated rings. The molecule has 8 heteroatoms. The lowest BCUT2D eigenvalue weighted by Gasteiger charge is -2.35. The first kappa shape index (κ1) is 15.5. The Balaban J connectivity index is 1.34. The molecule has 0 bridgehead atoms. The fourth-order valence-corrected chi connectivity index (χ4v) is 2.87. The van der Waals surface area contributed by atoms with Crippen molar-refractivity contribution in [1.29, 1.82) is 0 Å². The highest BCUT2D eigenvalue weighted by molar-refractivity contribution is 5.93. The zero-order chi connectivity index (χ0) is 17.2. The topological polar surface area (TPSA) is 106 Å². The Morgan fingerprint density at radius 2 is 2.12 bits per heavy atom.